The number of unbranched alkanes of at least 4 members (excludes halogenated alkanes) is 2. The van der Waals surface area contributed by atoms with Crippen molar-refractivity contribution in [1.82, 2.24) is 10.3 Å². The lowest BCUT2D eigenvalue weighted by molar-refractivity contribution is -0.140. The summed E-state index contributed by atoms with van der Waals surface area (Å²) < 4.78 is 4.53. The number of hydrogen-bond donors (Lipinski definition) is 1. The Labute approximate surface area is 127 Å². The third-order valence-corrected chi connectivity index (χ3v) is 3.32. The largest absolute Gasteiger partial charge is 0.469 e. The van der Waals surface area contributed by atoms with Gasteiger partial charge < -0.3 is 10.1 Å². The molecule has 5 nitrogen and oxygen atoms in total. The van der Waals surface area contributed by atoms with Crippen LogP contribution in [0.1, 0.15) is 36.0 Å². The van der Waals surface area contributed by atoms with Crippen molar-refractivity contribution in [3.8, 4) is 0 Å². The van der Waals surface area contributed by atoms with Crippen LogP contribution in [0.5, 0.6) is 0 Å². The minimum atomic E-state index is -0.246. The maximum Gasteiger partial charge on any atom is 0.305 e. The van der Waals surface area contributed by atoms with E-state index in [9.17, 15) is 9.59 Å². The van der Waals surface area contributed by atoms with Gasteiger partial charge in [0.2, 0.25) is 0 Å². The van der Waals surface area contributed by atoms with Crippen LogP contribution in [0.3, 0.4) is 0 Å². The van der Waals surface area contributed by atoms with Gasteiger partial charge in [0.15, 0.2) is 0 Å². The first-order valence-corrected chi connectivity index (χ1v) is 6.96. The normalized spacial score (nSPS) is 10.2. The summed E-state index contributed by atoms with van der Waals surface area (Å²) in [6.45, 7) is 0.528. The molecule has 0 aliphatic rings. The summed E-state index contributed by atoms with van der Waals surface area (Å²) in [5.74, 6) is -0.458. The number of amides is 1. The van der Waals surface area contributed by atoms with Crippen LogP contribution in [0, 0.1) is 0 Å². The van der Waals surface area contributed by atoms with Gasteiger partial charge in [-0.1, -0.05) is 29.6 Å². The molecule has 0 aliphatic carbocycles. The molecule has 0 fully saturated rings. The summed E-state index contributed by atoms with van der Waals surface area (Å²) >= 11 is 11.5. The highest BCUT2D eigenvalue weighted by atomic mass is 35.5. The first kappa shape index (κ1) is 16.7. The van der Waals surface area contributed by atoms with Crippen molar-refractivity contribution in [3.05, 3.63) is 28.0 Å². The molecule has 1 rings (SSSR count). The van der Waals surface area contributed by atoms with Gasteiger partial charge in [0.05, 0.1) is 17.7 Å². The van der Waals surface area contributed by atoms with Gasteiger partial charge in [-0.3, -0.25) is 9.59 Å². The van der Waals surface area contributed by atoms with E-state index in [2.05, 4.69) is 15.0 Å². The van der Waals surface area contributed by atoms with Crippen LogP contribution in [0.2, 0.25) is 10.2 Å². The van der Waals surface area contributed by atoms with Gasteiger partial charge in [-0.15, -0.1) is 0 Å². The first-order chi connectivity index (χ1) is 9.54. The molecule has 0 bridgehead atoms. The highest BCUT2D eigenvalue weighted by Crippen LogP contribution is 2.19. The second kappa shape index (κ2) is 8.76. The second-order valence-corrected chi connectivity index (χ2v) is 4.90. The Morgan fingerprint density at radius 2 is 2.05 bits per heavy atom. The Kier molecular flexibility index (Phi) is 7.33. The quantitative estimate of drug-likeness (QED) is 0.477. The zero-order valence-electron chi connectivity index (χ0n) is 11.1. The Balaban J connectivity index is 2.23. The average molecular weight is 319 g/mol. The molecular formula is C13H16Cl2N2O3. The smallest absolute Gasteiger partial charge is 0.305 e. The molecule has 110 valence electrons. The number of esters is 1. The molecule has 1 amide bonds. The molecule has 20 heavy (non-hydrogen) atoms. The number of carbonyl (C=O) groups is 2. The zero-order chi connectivity index (χ0) is 15.0. The molecule has 0 atom stereocenters. The van der Waals surface area contributed by atoms with Crippen molar-refractivity contribution in [1.29, 1.82) is 0 Å². The maximum absolute atomic E-state index is 11.8. The minimum Gasteiger partial charge on any atom is -0.469 e. The van der Waals surface area contributed by atoms with E-state index in [-0.39, 0.29) is 22.1 Å². The van der Waals surface area contributed by atoms with Crippen LogP contribution >= 0.6 is 23.2 Å². The number of nitrogens with one attached hydrogen (secondary N) is 1. The molecular weight excluding hydrogens is 303 g/mol. The van der Waals surface area contributed by atoms with Crippen molar-refractivity contribution in [3.63, 3.8) is 0 Å². The lowest BCUT2D eigenvalue weighted by atomic mass is 10.2. The molecule has 1 aromatic rings. The standard InChI is InChI=1S/C13H16Cl2N2O3/c1-20-11(18)5-3-2-4-6-16-13(19)9-7-10(14)12(15)17-8-9/h7-8H,2-6H2,1H3,(H,16,19). The van der Waals surface area contributed by atoms with Gasteiger partial charge in [0.1, 0.15) is 5.15 Å². The molecule has 1 N–H and O–H groups in total. The summed E-state index contributed by atoms with van der Waals surface area (Å²) in [4.78, 5) is 26.5. The van der Waals surface area contributed by atoms with Crippen molar-refractivity contribution in [2.24, 2.45) is 0 Å². The van der Waals surface area contributed by atoms with E-state index in [4.69, 9.17) is 23.2 Å². The molecule has 0 aliphatic heterocycles. The van der Waals surface area contributed by atoms with Gasteiger partial charge in [-0.05, 0) is 18.9 Å². The molecule has 0 spiro atoms. The fourth-order valence-electron chi connectivity index (χ4n) is 1.52. The summed E-state index contributed by atoms with van der Waals surface area (Å²) in [6.07, 6.45) is 4.16. The summed E-state index contributed by atoms with van der Waals surface area (Å²) in [6, 6.07) is 1.48. The van der Waals surface area contributed by atoms with E-state index in [1.807, 2.05) is 0 Å². The van der Waals surface area contributed by atoms with Crippen LogP contribution in [0.4, 0.5) is 0 Å². The molecule has 7 heteroatoms. The minimum absolute atomic E-state index is 0.172. The van der Waals surface area contributed by atoms with Crippen molar-refractivity contribution < 1.29 is 14.3 Å². The van der Waals surface area contributed by atoms with Crippen LogP contribution in [-0.2, 0) is 9.53 Å². The fourth-order valence-corrected chi connectivity index (χ4v) is 1.79. The molecule has 1 aromatic heterocycles. The first-order valence-electron chi connectivity index (χ1n) is 6.20. The van der Waals surface area contributed by atoms with Gasteiger partial charge in [0.25, 0.3) is 5.91 Å². The summed E-state index contributed by atoms with van der Waals surface area (Å²) in [5, 5.41) is 3.17. The van der Waals surface area contributed by atoms with E-state index in [1.54, 1.807) is 0 Å². The van der Waals surface area contributed by atoms with Crippen molar-refractivity contribution in [2.75, 3.05) is 13.7 Å². The zero-order valence-corrected chi connectivity index (χ0v) is 12.6. The fraction of sp³-hybridized carbons (Fsp3) is 0.462. The number of nitrogens with zero attached hydrogens (tertiary/aromatic N) is 1. The highest BCUT2D eigenvalue weighted by Gasteiger charge is 2.08. The summed E-state index contributed by atoms with van der Waals surface area (Å²) in [7, 11) is 1.37. The Morgan fingerprint density at radius 3 is 2.70 bits per heavy atom. The third kappa shape index (κ3) is 5.75. The van der Waals surface area contributed by atoms with Crippen LogP contribution in [0.25, 0.3) is 0 Å². The SMILES string of the molecule is COC(=O)CCCCCNC(=O)c1cnc(Cl)c(Cl)c1. The van der Waals surface area contributed by atoms with Gasteiger partial charge >= 0.3 is 5.97 Å². The molecule has 0 aromatic carbocycles. The Bertz CT molecular complexity index is 481. The number of ether oxygens (including phenoxy) is 1. The maximum atomic E-state index is 11.8. The second-order valence-electron chi connectivity index (χ2n) is 4.14. The van der Waals surface area contributed by atoms with Crippen molar-refractivity contribution >= 4 is 35.1 Å². The van der Waals surface area contributed by atoms with Crippen LogP contribution < -0.4 is 5.32 Å². The van der Waals surface area contributed by atoms with Crippen molar-refractivity contribution in [2.45, 2.75) is 25.7 Å². The number of halogens is 2. The van der Waals surface area contributed by atoms with E-state index < -0.39 is 0 Å². The van der Waals surface area contributed by atoms with E-state index in [1.165, 1.54) is 19.4 Å². The lowest BCUT2D eigenvalue weighted by Gasteiger charge is -2.05. The van der Waals surface area contributed by atoms with E-state index in [0.29, 0.717) is 18.5 Å². The van der Waals surface area contributed by atoms with Gasteiger partial charge in [-0.2, -0.15) is 0 Å². The van der Waals surface area contributed by atoms with Crippen LogP contribution in [-0.4, -0.2) is 30.5 Å². The highest BCUT2D eigenvalue weighted by molar-refractivity contribution is 6.41. The predicted octanol–water partition coefficient (Wildman–Crippen LogP) is 2.85. The monoisotopic (exact) mass is 318 g/mol. The Morgan fingerprint density at radius 1 is 1.30 bits per heavy atom. The third-order valence-electron chi connectivity index (χ3n) is 2.63. The predicted molar refractivity (Wildman–Crippen MR) is 77.1 cm³/mol. The topological polar surface area (TPSA) is 68.3 Å². The van der Waals surface area contributed by atoms with Gasteiger partial charge in [0, 0.05) is 19.2 Å². The van der Waals surface area contributed by atoms with E-state index >= 15 is 0 Å². The van der Waals surface area contributed by atoms with Gasteiger partial charge in [-0.25, -0.2) is 4.98 Å². The Hall–Kier alpha value is -1.33. The number of aromatic nitrogens is 1. The number of methoxy groups -OCH3 is 1. The molecule has 0 unspecified atom stereocenters. The molecule has 0 saturated carbocycles. The average Bonchev–Trinajstić information content (AvgIpc) is 2.44. The number of pyridine rings is 1. The lowest BCUT2D eigenvalue weighted by Crippen LogP contribution is -2.24. The molecule has 0 radical (unpaired) electrons. The number of rotatable bonds is 7. The summed E-state index contributed by atoms with van der Waals surface area (Å²) in [5.41, 5.74) is 0.369. The molecule has 0 saturated heterocycles. The van der Waals surface area contributed by atoms with E-state index in [0.717, 1.165) is 19.3 Å². The number of hydrogen-bond acceptors (Lipinski definition) is 4. The number of carbonyl (C=O) groups excluding carboxylic acids is 2. The molecule has 1 heterocycles. The van der Waals surface area contributed by atoms with Crippen LogP contribution in [0.15, 0.2) is 12.3 Å².